The van der Waals surface area contributed by atoms with Gasteiger partial charge >= 0.3 is 6.09 Å². The number of piperidine rings is 2. The van der Waals surface area contributed by atoms with Gasteiger partial charge in [-0.1, -0.05) is 72.6 Å². The molecule has 0 aromatic heterocycles. The Hall–Kier alpha value is -9.20. The number of unbranched alkanes of at least 4 members (excludes halogenated alkanes) is 4. The fourth-order valence-electron chi connectivity index (χ4n) is 21.1. The number of guanidine groups is 2. The summed E-state index contributed by atoms with van der Waals surface area (Å²) in [5.74, 6) is 0.746. The number of nitrogens with one attached hydrogen (secondary N) is 4. The lowest BCUT2D eigenvalue weighted by molar-refractivity contribution is -0.133. The monoisotopic (exact) mass is 1730 g/mol. The van der Waals surface area contributed by atoms with Crippen LogP contribution < -0.4 is 63.1 Å². The van der Waals surface area contributed by atoms with Gasteiger partial charge < -0.3 is 102 Å². The minimum atomic E-state index is -0.803. The third kappa shape index (κ3) is 23.3. The van der Waals surface area contributed by atoms with Gasteiger partial charge in [0.2, 0.25) is 29.5 Å². The van der Waals surface area contributed by atoms with E-state index in [1.165, 1.54) is 30.5 Å². The highest BCUT2D eigenvalue weighted by molar-refractivity contribution is 5.91. The molecule has 2 fully saturated rings. The third-order valence-corrected chi connectivity index (χ3v) is 27.7. The van der Waals surface area contributed by atoms with Crippen molar-refractivity contribution in [2.45, 2.75) is 263 Å². The van der Waals surface area contributed by atoms with Crippen LogP contribution in [0, 0.1) is 27.6 Å². The number of allylic oxidation sites excluding steroid dienone is 2. The van der Waals surface area contributed by atoms with E-state index in [0.29, 0.717) is 178 Å². The molecule has 4 aliphatic carbocycles. The minimum Gasteiger partial charge on any atom is -0.493 e. The maximum Gasteiger partial charge on any atom is 0.415 e. The number of rotatable bonds is 54. The predicted octanol–water partition coefficient (Wildman–Crippen LogP) is 8.02. The van der Waals surface area contributed by atoms with Gasteiger partial charge in [-0.05, 0) is 183 Å². The molecule has 31 nitrogen and oxygen atoms in total. The van der Waals surface area contributed by atoms with Crippen molar-refractivity contribution in [3.63, 3.8) is 0 Å². The average Bonchev–Trinajstić information content (AvgIpc) is 1.47. The molecule has 0 saturated carbocycles. The number of carbonyl (C=O) groups excluding carboxylic acids is 10. The fraction of sp³-hybridized carbons (Fsp3) is 0.699. The zero-order valence-corrected chi connectivity index (χ0v) is 75.9. The van der Waals surface area contributed by atoms with Crippen LogP contribution in [-0.4, -0.2) is 247 Å². The Morgan fingerprint density at radius 2 is 1.17 bits per heavy atom. The Morgan fingerprint density at radius 3 is 1.77 bits per heavy atom. The first kappa shape index (κ1) is 97.0. The number of hydrogen-bond donors (Lipinski definition) is 8. The zero-order valence-electron chi connectivity index (χ0n) is 75.9. The molecule has 686 valence electrons. The number of aliphatic imine (C=N–C) groups is 2. The third-order valence-electron chi connectivity index (χ3n) is 27.7. The first-order chi connectivity index (χ1) is 59.0. The van der Waals surface area contributed by atoms with Crippen molar-refractivity contribution in [2.75, 3.05) is 127 Å². The molecule has 0 radical (unpaired) electrons. The normalized spacial score (nSPS) is 22.8. The van der Waals surface area contributed by atoms with Gasteiger partial charge in [0.15, 0.2) is 52.6 Å². The van der Waals surface area contributed by atoms with E-state index >= 15 is 4.79 Å². The SMILES string of the molecule is COc1ccc2c3c1O[C@H]1C(CC(=O)N(CCCCCC(=O)NCCOCCOCCCC(=O)CCCCCN(CC(C)(C)CNC(=O)[C@H](CCCN=C(N)N)CC(=O)CNC(C)=O)C(=O)OC4=CC[C@@]5(C)[C@H]6Cc7ccc(OC)c8c7[C@@]5(CCN6C)[C@H]4O8)CC(C)(C)CCC(=O)[C@H](CCCN=C(N)N)NC(=O)CCC(C)=O)=CC[C@@]4(C)[C@@H](C2)N(C)CC[C@]314. The van der Waals surface area contributed by atoms with Crippen LogP contribution in [0.3, 0.4) is 0 Å². The Morgan fingerprint density at radius 1 is 0.605 bits per heavy atom. The van der Waals surface area contributed by atoms with Crippen LogP contribution in [0.2, 0.25) is 0 Å². The van der Waals surface area contributed by atoms with Gasteiger partial charge in [-0.2, -0.15) is 0 Å². The lowest BCUT2D eigenvalue weighted by atomic mass is 9.44. The Bertz CT molecular complexity index is 4020. The van der Waals surface area contributed by atoms with Crippen molar-refractivity contribution in [1.82, 2.24) is 40.9 Å². The first-order valence-electron chi connectivity index (χ1n) is 45.2. The molecule has 2 saturated heterocycles. The molecular formula is C93H142N14O17. The van der Waals surface area contributed by atoms with Crippen LogP contribution >= 0.6 is 0 Å². The van der Waals surface area contributed by atoms with Crippen LogP contribution in [-0.2, 0) is 81.0 Å². The summed E-state index contributed by atoms with van der Waals surface area (Å²) in [4.78, 5) is 151. The van der Waals surface area contributed by atoms with Crippen molar-refractivity contribution in [2.24, 2.45) is 60.5 Å². The fourth-order valence-corrected chi connectivity index (χ4v) is 21.1. The van der Waals surface area contributed by atoms with E-state index in [1.54, 1.807) is 19.1 Å². The number of likely N-dealkylation sites (tertiary alicyclic amines) is 2. The predicted molar refractivity (Wildman–Crippen MR) is 473 cm³/mol. The van der Waals surface area contributed by atoms with Gasteiger partial charge in [-0.3, -0.25) is 48.3 Å². The number of nitrogens with zero attached hydrogens (tertiary/aromatic N) is 6. The summed E-state index contributed by atoms with van der Waals surface area (Å²) in [6.45, 7) is 20.6. The van der Waals surface area contributed by atoms with Crippen molar-refractivity contribution >= 4 is 70.7 Å². The number of hydrogen-bond acceptors (Lipinski definition) is 21. The molecule has 4 heterocycles. The Kier molecular flexibility index (Phi) is 33.9. The molecule has 31 heteroatoms. The van der Waals surface area contributed by atoms with Crippen LogP contribution in [0.5, 0.6) is 23.0 Å². The van der Waals surface area contributed by atoms with E-state index < -0.39 is 40.4 Å². The molecule has 8 aliphatic rings. The van der Waals surface area contributed by atoms with Crippen LogP contribution in [0.15, 0.2) is 57.7 Å². The molecule has 12 N–H and O–H groups in total. The molecule has 2 aromatic carbocycles. The second kappa shape index (κ2) is 43.3. The molecule has 4 bridgehead atoms. The highest BCUT2D eigenvalue weighted by atomic mass is 16.6. The standard InChI is InChI=1S/C93H142N14O17/c1-60(108)27-32-76(114)103-68(25-20-42-100-86(96)97)69(112)34-36-88(3,4)58-106(77(115)55-64-33-37-90(7)73-53-62-28-30-70(118-11)80-78(62)92(90,82(64)123-80)39-46-104(73)9)44-17-14-16-26-75(113)98-43-49-121-51-50-120-48-21-24-66(110)23-15-13-18-45-107(59-89(5,6)57-102-84(116)65(22-19-41-99-85(94)95)52-67(111)56-101-61(2)109)87(117)122-72-35-38-91(8)74-54-63-29-31-71(119-12)81-79(63)93(91,83(72)124-81)40-47-105(74)10/h28-31,33,35,65,68,73-74,82-83H,13-27,32,34,36-59H2,1-12H3,(H,98,113)(H,101,109)(H,102,116)(H,103,114)(H4,94,95,99)(H4,96,97,100)/t65-,68+,73-,74-,82+,83+,90+,91+,92+,93+/m1/s1. The number of amides is 6. The molecule has 2 spiro atoms. The molecular weight excluding hydrogens is 1590 g/mol. The van der Waals surface area contributed by atoms with Crippen LogP contribution in [0.25, 0.3) is 0 Å². The molecule has 10 atom stereocenters. The summed E-state index contributed by atoms with van der Waals surface area (Å²) in [7, 11) is 7.72. The topological polar surface area (TPSA) is 425 Å². The van der Waals surface area contributed by atoms with Crippen LogP contribution in [0.1, 0.15) is 232 Å². The van der Waals surface area contributed by atoms with E-state index in [9.17, 15) is 43.2 Å². The van der Waals surface area contributed by atoms with Gasteiger partial charge in [-0.15, -0.1) is 0 Å². The maximum atomic E-state index is 15.2. The zero-order chi connectivity index (χ0) is 89.9. The number of nitrogens with two attached hydrogens (primary N) is 4. The Labute approximate surface area is 732 Å². The highest BCUT2D eigenvalue weighted by Gasteiger charge is 2.72. The van der Waals surface area contributed by atoms with Crippen molar-refractivity contribution in [1.29, 1.82) is 0 Å². The average molecular weight is 1730 g/mol. The van der Waals surface area contributed by atoms with E-state index in [-0.39, 0.29) is 164 Å². The minimum absolute atomic E-state index is 0.0273. The van der Waals surface area contributed by atoms with Gasteiger partial charge in [0.05, 0.1) is 58.5 Å². The van der Waals surface area contributed by atoms with E-state index in [4.69, 9.17) is 56.1 Å². The maximum absolute atomic E-state index is 15.2. The summed E-state index contributed by atoms with van der Waals surface area (Å²) in [6, 6.07) is 8.04. The number of methoxy groups -OCH3 is 2. The van der Waals surface area contributed by atoms with E-state index in [2.05, 4.69) is 101 Å². The second-order valence-electron chi connectivity index (χ2n) is 37.9. The van der Waals surface area contributed by atoms with Gasteiger partial charge in [0, 0.05) is 156 Å². The van der Waals surface area contributed by atoms with Gasteiger partial charge in [-0.25, -0.2) is 4.79 Å². The molecule has 6 amide bonds. The molecule has 2 aromatic rings. The first-order valence-corrected chi connectivity index (χ1v) is 45.2. The lowest BCUT2D eigenvalue weighted by Gasteiger charge is -2.63. The number of likely N-dealkylation sites (N-methyl/N-ethyl adjacent to an activating group) is 2. The Balaban J connectivity index is 0.660. The van der Waals surface area contributed by atoms with E-state index in [1.807, 2.05) is 37.0 Å². The van der Waals surface area contributed by atoms with Crippen LogP contribution in [0.4, 0.5) is 4.79 Å². The lowest BCUT2D eigenvalue weighted by Crippen LogP contribution is -2.69. The number of Topliss-reactive ketones (excluding diaryl/α,β-unsaturated/α-hetero) is 4. The molecule has 4 aliphatic heterocycles. The van der Waals surface area contributed by atoms with Crippen molar-refractivity contribution in [3.05, 3.63) is 70.0 Å². The van der Waals surface area contributed by atoms with Gasteiger partial charge in [0.25, 0.3) is 0 Å². The second-order valence-corrected chi connectivity index (χ2v) is 37.9. The van der Waals surface area contributed by atoms with Gasteiger partial charge in [0.1, 0.15) is 23.4 Å². The summed E-state index contributed by atoms with van der Waals surface area (Å²) in [5, 5.41) is 11.4. The number of carbonyl (C=O) groups is 10. The largest absolute Gasteiger partial charge is 0.493 e. The van der Waals surface area contributed by atoms with Crippen molar-refractivity contribution < 1.29 is 81.1 Å². The number of benzene rings is 2. The summed E-state index contributed by atoms with van der Waals surface area (Å²) in [6.07, 6.45) is 15.2. The number of ether oxygens (including phenoxy) is 7. The summed E-state index contributed by atoms with van der Waals surface area (Å²) >= 11 is 0. The highest BCUT2D eigenvalue weighted by Crippen LogP contribution is 2.71. The number of ketones is 4. The summed E-state index contributed by atoms with van der Waals surface area (Å²) in [5.41, 5.74) is 25.7. The van der Waals surface area contributed by atoms with Crippen molar-refractivity contribution in [3.8, 4) is 23.0 Å². The van der Waals surface area contributed by atoms with E-state index in [0.717, 1.165) is 62.1 Å². The summed E-state index contributed by atoms with van der Waals surface area (Å²) < 4.78 is 44.1. The molecule has 124 heavy (non-hydrogen) atoms. The molecule has 0 unspecified atom stereocenters. The molecule has 10 rings (SSSR count). The smallest absolute Gasteiger partial charge is 0.415 e. The quantitative estimate of drug-likeness (QED) is 0.0134.